The maximum Gasteiger partial charge on any atom is 0.335 e. The quantitative estimate of drug-likeness (QED) is 0.857. The van der Waals surface area contributed by atoms with Crippen LogP contribution in [0.15, 0.2) is 36.7 Å². The van der Waals surface area contributed by atoms with Gasteiger partial charge in [0, 0.05) is 25.4 Å². The van der Waals surface area contributed by atoms with E-state index in [9.17, 15) is 14.4 Å². The molecule has 1 saturated heterocycles. The van der Waals surface area contributed by atoms with Gasteiger partial charge in [-0.1, -0.05) is 0 Å². The summed E-state index contributed by atoms with van der Waals surface area (Å²) in [5, 5.41) is 15.6. The molecule has 1 atom stereocenters. The van der Waals surface area contributed by atoms with Crippen molar-refractivity contribution in [3.63, 3.8) is 0 Å². The molecule has 2 heterocycles. The Morgan fingerprint density at radius 3 is 2.50 bits per heavy atom. The first-order chi connectivity index (χ1) is 11.5. The standard InChI is InChI=1S/C16H16N4O4/c1-19-9-12(8-17-19)20-7-6-13(15(20)22)18-14(21)10-2-4-11(5-3-10)16(23)24/h2-5,8-9,13H,6-7H2,1H3,(H,18,21)(H,23,24). The number of carboxylic acids is 1. The number of nitrogens with zero attached hydrogens (tertiary/aromatic N) is 3. The number of carbonyl (C=O) groups excluding carboxylic acids is 2. The number of anilines is 1. The zero-order valence-electron chi connectivity index (χ0n) is 13.0. The van der Waals surface area contributed by atoms with Gasteiger partial charge in [0.05, 0.1) is 17.4 Å². The molecule has 1 aliphatic rings. The maximum atomic E-state index is 12.4. The van der Waals surface area contributed by atoms with Crippen molar-refractivity contribution in [1.82, 2.24) is 15.1 Å². The van der Waals surface area contributed by atoms with E-state index in [-0.39, 0.29) is 11.5 Å². The number of aromatic carboxylic acids is 1. The Hall–Kier alpha value is -3.16. The Balaban J connectivity index is 1.66. The lowest BCUT2D eigenvalue weighted by Crippen LogP contribution is -2.41. The molecule has 24 heavy (non-hydrogen) atoms. The topological polar surface area (TPSA) is 105 Å². The van der Waals surface area contributed by atoms with Crippen molar-refractivity contribution in [3.8, 4) is 0 Å². The van der Waals surface area contributed by atoms with Gasteiger partial charge >= 0.3 is 5.97 Å². The number of hydrogen-bond donors (Lipinski definition) is 2. The normalized spacial score (nSPS) is 17.1. The first kappa shape index (κ1) is 15.7. The number of carboxylic acid groups (broad SMARTS) is 1. The summed E-state index contributed by atoms with van der Waals surface area (Å²) in [4.78, 5) is 37.1. The molecule has 1 aromatic carbocycles. The van der Waals surface area contributed by atoms with Crippen molar-refractivity contribution in [3.05, 3.63) is 47.8 Å². The monoisotopic (exact) mass is 328 g/mol. The lowest BCUT2D eigenvalue weighted by molar-refractivity contribution is -0.118. The second-order valence-electron chi connectivity index (χ2n) is 5.56. The highest BCUT2D eigenvalue weighted by Gasteiger charge is 2.34. The van der Waals surface area contributed by atoms with Gasteiger partial charge in [0.2, 0.25) is 5.91 Å². The number of aryl methyl sites for hydroxylation is 1. The number of amides is 2. The van der Waals surface area contributed by atoms with E-state index >= 15 is 0 Å². The molecule has 0 radical (unpaired) electrons. The van der Waals surface area contributed by atoms with Crippen LogP contribution in [0.25, 0.3) is 0 Å². The van der Waals surface area contributed by atoms with E-state index < -0.39 is 17.9 Å². The van der Waals surface area contributed by atoms with Crippen LogP contribution in [0.3, 0.4) is 0 Å². The zero-order valence-corrected chi connectivity index (χ0v) is 13.0. The predicted octanol–water partition coefficient (Wildman–Crippen LogP) is 0.654. The molecular formula is C16H16N4O4. The van der Waals surface area contributed by atoms with Gasteiger partial charge in [0.25, 0.3) is 5.91 Å². The number of carbonyl (C=O) groups is 3. The van der Waals surface area contributed by atoms with Crippen molar-refractivity contribution < 1.29 is 19.5 Å². The SMILES string of the molecule is Cn1cc(N2CCC(NC(=O)c3ccc(C(=O)O)cc3)C2=O)cn1. The minimum atomic E-state index is -1.06. The fraction of sp³-hybridized carbons (Fsp3) is 0.250. The third-order valence-electron chi connectivity index (χ3n) is 3.91. The van der Waals surface area contributed by atoms with E-state index in [1.165, 1.54) is 24.3 Å². The summed E-state index contributed by atoms with van der Waals surface area (Å²) in [6.45, 7) is 0.507. The van der Waals surface area contributed by atoms with Gasteiger partial charge in [0.1, 0.15) is 6.04 Å². The smallest absolute Gasteiger partial charge is 0.335 e. The number of benzene rings is 1. The molecular weight excluding hydrogens is 312 g/mol. The van der Waals surface area contributed by atoms with Gasteiger partial charge in [-0.05, 0) is 30.7 Å². The van der Waals surface area contributed by atoms with Crippen LogP contribution in [-0.2, 0) is 11.8 Å². The van der Waals surface area contributed by atoms with Crippen molar-refractivity contribution in [2.75, 3.05) is 11.4 Å². The maximum absolute atomic E-state index is 12.4. The van der Waals surface area contributed by atoms with Gasteiger partial charge in [0.15, 0.2) is 0 Å². The minimum absolute atomic E-state index is 0.103. The molecule has 0 aliphatic carbocycles. The van der Waals surface area contributed by atoms with Crippen LogP contribution in [0, 0.1) is 0 Å². The van der Waals surface area contributed by atoms with Crippen LogP contribution in [0.2, 0.25) is 0 Å². The summed E-state index contributed by atoms with van der Waals surface area (Å²) in [6, 6.07) is 4.97. The number of aromatic nitrogens is 2. The first-order valence-electron chi connectivity index (χ1n) is 7.40. The Bertz CT molecular complexity index is 797. The summed E-state index contributed by atoms with van der Waals surface area (Å²) in [5.41, 5.74) is 1.11. The van der Waals surface area contributed by atoms with Crippen molar-refractivity contribution in [2.24, 2.45) is 7.05 Å². The van der Waals surface area contributed by atoms with E-state index in [1.54, 1.807) is 29.0 Å². The molecule has 8 heteroatoms. The predicted molar refractivity (Wildman–Crippen MR) is 84.8 cm³/mol. The van der Waals surface area contributed by atoms with E-state index in [0.29, 0.717) is 24.2 Å². The van der Waals surface area contributed by atoms with Crippen molar-refractivity contribution in [1.29, 1.82) is 0 Å². The number of nitrogens with one attached hydrogen (secondary N) is 1. The molecule has 2 N–H and O–H groups in total. The summed E-state index contributed by atoms with van der Waals surface area (Å²) in [5.74, 6) is -1.64. The zero-order chi connectivity index (χ0) is 17.3. The lowest BCUT2D eigenvalue weighted by atomic mass is 10.1. The van der Waals surface area contributed by atoms with Crippen LogP contribution in [0.4, 0.5) is 5.69 Å². The van der Waals surface area contributed by atoms with E-state index in [4.69, 9.17) is 5.11 Å². The summed E-state index contributed by atoms with van der Waals surface area (Å²) < 4.78 is 1.61. The molecule has 2 amide bonds. The van der Waals surface area contributed by atoms with Gasteiger partial charge in [-0.2, -0.15) is 5.10 Å². The summed E-state index contributed by atoms with van der Waals surface area (Å²) in [7, 11) is 1.77. The molecule has 3 rings (SSSR count). The molecule has 8 nitrogen and oxygen atoms in total. The van der Waals surface area contributed by atoms with Crippen LogP contribution in [0.1, 0.15) is 27.1 Å². The average Bonchev–Trinajstić information content (AvgIpc) is 3.14. The largest absolute Gasteiger partial charge is 0.478 e. The van der Waals surface area contributed by atoms with E-state index in [2.05, 4.69) is 10.4 Å². The Morgan fingerprint density at radius 2 is 1.92 bits per heavy atom. The van der Waals surface area contributed by atoms with Gasteiger partial charge in [-0.15, -0.1) is 0 Å². The molecule has 1 unspecified atom stereocenters. The third-order valence-corrected chi connectivity index (χ3v) is 3.91. The molecule has 0 saturated carbocycles. The third kappa shape index (κ3) is 2.98. The summed E-state index contributed by atoms with van der Waals surface area (Å²) in [6.07, 6.45) is 3.85. The van der Waals surface area contributed by atoms with Crippen LogP contribution in [0.5, 0.6) is 0 Å². The lowest BCUT2D eigenvalue weighted by Gasteiger charge is -2.15. The average molecular weight is 328 g/mol. The Morgan fingerprint density at radius 1 is 1.25 bits per heavy atom. The Labute approximate surface area is 137 Å². The highest BCUT2D eigenvalue weighted by molar-refractivity contribution is 6.04. The van der Waals surface area contributed by atoms with Crippen LogP contribution in [-0.4, -0.2) is 45.3 Å². The van der Waals surface area contributed by atoms with E-state index in [0.717, 1.165) is 0 Å². The van der Waals surface area contributed by atoms with E-state index in [1.807, 2.05) is 0 Å². The fourth-order valence-electron chi connectivity index (χ4n) is 2.62. The second-order valence-corrected chi connectivity index (χ2v) is 5.56. The molecule has 1 aromatic heterocycles. The van der Waals surface area contributed by atoms with Crippen LogP contribution >= 0.6 is 0 Å². The Kier molecular flexibility index (Phi) is 4.03. The number of hydrogen-bond acceptors (Lipinski definition) is 4. The van der Waals surface area contributed by atoms with Crippen molar-refractivity contribution in [2.45, 2.75) is 12.5 Å². The highest BCUT2D eigenvalue weighted by Crippen LogP contribution is 2.21. The second kappa shape index (κ2) is 6.15. The van der Waals surface area contributed by atoms with Gasteiger partial charge in [-0.3, -0.25) is 14.3 Å². The molecule has 1 fully saturated rings. The molecule has 124 valence electrons. The fourth-order valence-corrected chi connectivity index (χ4v) is 2.62. The van der Waals surface area contributed by atoms with Gasteiger partial charge in [-0.25, -0.2) is 4.79 Å². The highest BCUT2D eigenvalue weighted by atomic mass is 16.4. The summed E-state index contributed by atoms with van der Waals surface area (Å²) >= 11 is 0. The number of rotatable bonds is 4. The molecule has 0 bridgehead atoms. The van der Waals surface area contributed by atoms with Gasteiger partial charge < -0.3 is 15.3 Å². The molecule has 1 aliphatic heterocycles. The van der Waals surface area contributed by atoms with Crippen molar-refractivity contribution >= 4 is 23.5 Å². The molecule has 2 aromatic rings. The molecule has 0 spiro atoms. The van der Waals surface area contributed by atoms with Crippen LogP contribution < -0.4 is 10.2 Å². The minimum Gasteiger partial charge on any atom is -0.478 e. The first-order valence-corrected chi connectivity index (χ1v) is 7.40.